The molecule has 5 heteroatoms. The minimum absolute atomic E-state index is 0.205. The average molecular weight is 278 g/mol. The van der Waals surface area contributed by atoms with Gasteiger partial charge in [0.05, 0.1) is 12.5 Å². The quantitative estimate of drug-likeness (QED) is 0.832. The first kappa shape index (κ1) is 16.0. The van der Waals surface area contributed by atoms with Crippen LogP contribution >= 0.6 is 0 Å². The number of nitrogens with one attached hydrogen (secondary N) is 2. The molecule has 1 aromatic carbocycles. The van der Waals surface area contributed by atoms with Crippen molar-refractivity contribution < 1.29 is 14.3 Å². The van der Waals surface area contributed by atoms with Crippen molar-refractivity contribution in [2.45, 2.75) is 27.7 Å². The molecule has 1 rings (SSSR count). The van der Waals surface area contributed by atoms with E-state index < -0.39 is 5.41 Å². The summed E-state index contributed by atoms with van der Waals surface area (Å²) < 4.78 is 4.69. The zero-order valence-corrected chi connectivity index (χ0v) is 12.7. The van der Waals surface area contributed by atoms with Crippen molar-refractivity contribution in [3.05, 3.63) is 29.3 Å². The maximum absolute atomic E-state index is 11.9. The van der Waals surface area contributed by atoms with Crippen molar-refractivity contribution in [1.29, 1.82) is 0 Å². The van der Waals surface area contributed by atoms with Gasteiger partial charge in [0.1, 0.15) is 0 Å². The first-order valence-corrected chi connectivity index (χ1v) is 6.47. The number of anilines is 1. The van der Waals surface area contributed by atoms with E-state index in [9.17, 15) is 9.59 Å². The van der Waals surface area contributed by atoms with Crippen molar-refractivity contribution in [1.82, 2.24) is 5.32 Å². The third-order valence-corrected chi connectivity index (χ3v) is 3.28. The Morgan fingerprint density at radius 1 is 1.25 bits per heavy atom. The van der Waals surface area contributed by atoms with Crippen LogP contribution in [0, 0.1) is 19.3 Å². The first-order chi connectivity index (χ1) is 9.27. The molecule has 0 atom stereocenters. The van der Waals surface area contributed by atoms with Crippen molar-refractivity contribution in [3.63, 3.8) is 0 Å². The van der Waals surface area contributed by atoms with Crippen molar-refractivity contribution in [2.75, 3.05) is 19.0 Å². The second-order valence-electron chi connectivity index (χ2n) is 5.43. The molecule has 0 aliphatic heterocycles. The molecule has 1 aromatic rings. The highest BCUT2D eigenvalue weighted by molar-refractivity contribution is 5.90. The highest BCUT2D eigenvalue weighted by Gasteiger charge is 2.29. The van der Waals surface area contributed by atoms with Crippen molar-refractivity contribution >= 4 is 17.7 Å². The number of carbonyl (C=O) groups excluding carboxylic acids is 2. The fourth-order valence-corrected chi connectivity index (χ4v) is 1.70. The summed E-state index contributed by atoms with van der Waals surface area (Å²) in [6.07, 6.45) is 0. The lowest BCUT2D eigenvalue weighted by Gasteiger charge is -2.22. The lowest BCUT2D eigenvalue weighted by molar-refractivity contribution is -0.150. The monoisotopic (exact) mass is 278 g/mol. The summed E-state index contributed by atoms with van der Waals surface area (Å²) in [7, 11) is 1.33. The maximum atomic E-state index is 11.9. The second kappa shape index (κ2) is 6.41. The summed E-state index contributed by atoms with van der Waals surface area (Å²) in [5.41, 5.74) is 2.14. The first-order valence-electron chi connectivity index (χ1n) is 6.47. The maximum Gasteiger partial charge on any atom is 0.319 e. The fraction of sp³-hybridized carbons (Fsp3) is 0.467. The van der Waals surface area contributed by atoms with Crippen LogP contribution in [0.2, 0.25) is 0 Å². The Labute approximate surface area is 119 Å². The Morgan fingerprint density at radius 2 is 1.90 bits per heavy atom. The molecule has 110 valence electrons. The topological polar surface area (TPSA) is 67.4 Å². The lowest BCUT2D eigenvalue weighted by Crippen LogP contribution is -2.41. The van der Waals surface area contributed by atoms with E-state index in [1.165, 1.54) is 7.11 Å². The number of rotatable bonds is 4. The molecule has 0 saturated heterocycles. The van der Waals surface area contributed by atoms with E-state index >= 15 is 0 Å². The Kier molecular flexibility index (Phi) is 5.13. The Bertz CT molecular complexity index is 510. The highest BCUT2D eigenvalue weighted by atomic mass is 16.5. The van der Waals surface area contributed by atoms with Gasteiger partial charge in [-0.25, -0.2) is 4.79 Å². The van der Waals surface area contributed by atoms with E-state index in [1.54, 1.807) is 13.8 Å². The number of esters is 1. The molecule has 0 spiro atoms. The number of amides is 2. The average Bonchev–Trinajstić information content (AvgIpc) is 2.41. The van der Waals surface area contributed by atoms with Gasteiger partial charge in [-0.05, 0) is 44.9 Å². The largest absolute Gasteiger partial charge is 0.469 e. The molecule has 0 fully saturated rings. The minimum atomic E-state index is -0.756. The van der Waals surface area contributed by atoms with E-state index in [-0.39, 0.29) is 18.5 Å². The number of aryl methyl sites for hydroxylation is 1. The van der Waals surface area contributed by atoms with Crippen LogP contribution in [0.15, 0.2) is 18.2 Å². The molecule has 2 N–H and O–H groups in total. The molecule has 2 amide bonds. The van der Waals surface area contributed by atoms with E-state index in [0.717, 1.165) is 16.8 Å². The number of urea groups is 1. The van der Waals surface area contributed by atoms with Crippen LogP contribution in [-0.4, -0.2) is 25.7 Å². The van der Waals surface area contributed by atoms with Gasteiger partial charge in [0.15, 0.2) is 0 Å². The molecule has 0 radical (unpaired) electrons. The molecule has 0 bridgehead atoms. The zero-order chi connectivity index (χ0) is 15.3. The normalized spacial score (nSPS) is 10.8. The fourth-order valence-electron chi connectivity index (χ4n) is 1.70. The van der Waals surface area contributed by atoms with Gasteiger partial charge in [0.2, 0.25) is 0 Å². The Balaban J connectivity index is 2.61. The molecule has 0 aliphatic rings. The number of hydrogen-bond acceptors (Lipinski definition) is 3. The summed E-state index contributed by atoms with van der Waals surface area (Å²) >= 11 is 0. The predicted octanol–water partition coefficient (Wildman–Crippen LogP) is 2.62. The third kappa shape index (κ3) is 3.98. The van der Waals surface area contributed by atoms with Crippen molar-refractivity contribution in [3.8, 4) is 0 Å². The number of benzene rings is 1. The van der Waals surface area contributed by atoms with Gasteiger partial charge < -0.3 is 15.4 Å². The molecule has 5 nitrogen and oxygen atoms in total. The molecular formula is C15H22N2O3. The summed E-state index contributed by atoms with van der Waals surface area (Å²) in [4.78, 5) is 23.4. The number of ether oxygens (including phenoxy) is 1. The Morgan fingerprint density at radius 3 is 2.50 bits per heavy atom. The minimum Gasteiger partial charge on any atom is -0.469 e. The highest BCUT2D eigenvalue weighted by Crippen LogP contribution is 2.18. The second-order valence-corrected chi connectivity index (χ2v) is 5.43. The Hall–Kier alpha value is -2.04. The molecule has 0 aromatic heterocycles. The summed E-state index contributed by atoms with van der Waals surface area (Å²) in [6.45, 7) is 7.58. The molecule has 0 heterocycles. The standard InChI is InChI=1S/C15H22N2O3/c1-10-7-6-8-12(11(10)2)17-14(19)16-9-15(3,4)13(18)20-5/h6-8H,9H2,1-5H3,(H2,16,17,19). The van der Waals surface area contributed by atoms with Crippen LogP contribution in [0.3, 0.4) is 0 Å². The van der Waals surface area contributed by atoms with Gasteiger partial charge in [-0.1, -0.05) is 12.1 Å². The van der Waals surface area contributed by atoms with Gasteiger partial charge in [-0.3, -0.25) is 4.79 Å². The van der Waals surface area contributed by atoms with E-state index in [4.69, 9.17) is 0 Å². The van der Waals surface area contributed by atoms with E-state index in [2.05, 4.69) is 15.4 Å². The SMILES string of the molecule is COC(=O)C(C)(C)CNC(=O)Nc1cccc(C)c1C. The number of methoxy groups -OCH3 is 1. The van der Waals surface area contributed by atoms with Gasteiger partial charge in [0.25, 0.3) is 0 Å². The van der Waals surface area contributed by atoms with Crippen LogP contribution in [-0.2, 0) is 9.53 Å². The third-order valence-electron chi connectivity index (χ3n) is 3.28. The zero-order valence-electron chi connectivity index (χ0n) is 12.7. The summed E-state index contributed by atoms with van der Waals surface area (Å²) in [5, 5.41) is 5.46. The summed E-state index contributed by atoms with van der Waals surface area (Å²) in [5.74, 6) is -0.357. The van der Waals surface area contributed by atoms with Crippen LogP contribution < -0.4 is 10.6 Å². The molecule has 0 aliphatic carbocycles. The van der Waals surface area contributed by atoms with Crippen LogP contribution in [0.5, 0.6) is 0 Å². The molecule has 0 saturated carbocycles. The van der Waals surface area contributed by atoms with Gasteiger partial charge in [0, 0.05) is 12.2 Å². The number of carbonyl (C=O) groups is 2. The molecular weight excluding hydrogens is 256 g/mol. The van der Waals surface area contributed by atoms with Crippen LogP contribution in [0.25, 0.3) is 0 Å². The molecule has 0 unspecified atom stereocenters. The van der Waals surface area contributed by atoms with E-state index in [0.29, 0.717) is 0 Å². The smallest absolute Gasteiger partial charge is 0.319 e. The van der Waals surface area contributed by atoms with E-state index in [1.807, 2.05) is 32.0 Å². The number of hydrogen-bond donors (Lipinski definition) is 2. The van der Waals surface area contributed by atoms with Crippen molar-refractivity contribution in [2.24, 2.45) is 5.41 Å². The van der Waals surface area contributed by atoms with Gasteiger partial charge in [-0.15, -0.1) is 0 Å². The van der Waals surface area contributed by atoms with Crippen LogP contribution in [0.1, 0.15) is 25.0 Å². The van der Waals surface area contributed by atoms with Crippen LogP contribution in [0.4, 0.5) is 10.5 Å². The molecule has 20 heavy (non-hydrogen) atoms. The lowest BCUT2D eigenvalue weighted by atomic mass is 9.94. The van der Waals surface area contributed by atoms with Gasteiger partial charge >= 0.3 is 12.0 Å². The van der Waals surface area contributed by atoms with Gasteiger partial charge in [-0.2, -0.15) is 0 Å². The summed E-state index contributed by atoms with van der Waals surface area (Å²) in [6, 6.07) is 5.37. The predicted molar refractivity (Wildman–Crippen MR) is 78.7 cm³/mol.